The Hall–Kier alpha value is -3.45. The number of benzene rings is 2. The Labute approximate surface area is 244 Å². The molecule has 0 saturated carbocycles. The number of hydrogen-bond donors (Lipinski definition) is 0. The van der Waals surface area contributed by atoms with Gasteiger partial charge in [0.05, 0.1) is 6.54 Å². The molecule has 0 N–H and O–H groups in total. The molecule has 0 radical (unpaired) electrons. The molecule has 5 rings (SSSR count). The molecule has 2 unspecified atom stereocenters. The van der Waals surface area contributed by atoms with Crippen molar-refractivity contribution in [2.45, 2.75) is 84.1 Å². The van der Waals surface area contributed by atoms with Crippen molar-refractivity contribution in [2.75, 3.05) is 31.3 Å². The molecule has 218 valence electrons. The number of likely N-dealkylation sites (tertiary alicyclic amines) is 1. The molecule has 7 heteroatoms. The first kappa shape index (κ1) is 29.1. The number of ether oxygens (including phenoxy) is 2. The van der Waals surface area contributed by atoms with Crippen LogP contribution in [0.2, 0.25) is 0 Å². The standard InChI is InChI=1S/C34H44N4O3/c1-4-7-17-38(30-12-8-11-25(6-3)18-30)33(39)23-37-22-28(20-29(37)13-14-32-35-15-9-16-36-32)27-19-26(10-5-2)34-31(21-27)40-24-41-34/h8-9,11-12,15-16,18-19,21,28-29H,4-7,10,13-14,17,20,22-24H2,1-3H3. The number of anilines is 1. The lowest BCUT2D eigenvalue weighted by molar-refractivity contribution is -0.120. The summed E-state index contributed by atoms with van der Waals surface area (Å²) in [5, 5.41) is 0. The van der Waals surface area contributed by atoms with Gasteiger partial charge in [0.2, 0.25) is 12.7 Å². The molecule has 1 aromatic heterocycles. The van der Waals surface area contributed by atoms with Gasteiger partial charge in [-0.3, -0.25) is 9.69 Å². The molecule has 1 fully saturated rings. The molecule has 41 heavy (non-hydrogen) atoms. The van der Waals surface area contributed by atoms with E-state index in [1.165, 1.54) is 16.7 Å². The van der Waals surface area contributed by atoms with Crippen molar-refractivity contribution in [2.24, 2.45) is 0 Å². The molecule has 2 aliphatic heterocycles. The van der Waals surface area contributed by atoms with Gasteiger partial charge in [-0.1, -0.05) is 51.8 Å². The zero-order chi connectivity index (χ0) is 28.6. The topological polar surface area (TPSA) is 67.8 Å². The Balaban J connectivity index is 1.38. The van der Waals surface area contributed by atoms with E-state index in [1.54, 1.807) is 12.4 Å². The number of nitrogens with zero attached hydrogens (tertiary/aromatic N) is 4. The van der Waals surface area contributed by atoms with Crippen LogP contribution in [-0.4, -0.2) is 53.2 Å². The van der Waals surface area contributed by atoms with Gasteiger partial charge in [0, 0.05) is 43.6 Å². The quantitative estimate of drug-likeness (QED) is 0.245. The van der Waals surface area contributed by atoms with E-state index >= 15 is 0 Å². The van der Waals surface area contributed by atoms with Crippen molar-refractivity contribution >= 4 is 11.6 Å². The number of unbranched alkanes of at least 4 members (excludes halogenated alkanes) is 1. The maximum atomic E-state index is 14.0. The normalized spacial score (nSPS) is 18.1. The number of carbonyl (C=O) groups excluding carboxylic acids is 1. The number of carbonyl (C=O) groups is 1. The van der Waals surface area contributed by atoms with Crippen molar-refractivity contribution in [1.82, 2.24) is 14.9 Å². The lowest BCUT2D eigenvalue weighted by Gasteiger charge is -2.29. The van der Waals surface area contributed by atoms with E-state index < -0.39 is 0 Å². The van der Waals surface area contributed by atoms with Crippen LogP contribution in [0.5, 0.6) is 11.5 Å². The van der Waals surface area contributed by atoms with Crippen LogP contribution < -0.4 is 14.4 Å². The molecule has 2 atom stereocenters. The first-order valence-corrected chi connectivity index (χ1v) is 15.4. The molecule has 0 aliphatic carbocycles. The zero-order valence-electron chi connectivity index (χ0n) is 24.8. The highest BCUT2D eigenvalue weighted by Crippen LogP contribution is 2.42. The minimum atomic E-state index is 0.172. The van der Waals surface area contributed by atoms with Gasteiger partial charge >= 0.3 is 0 Å². The zero-order valence-corrected chi connectivity index (χ0v) is 24.8. The molecule has 1 saturated heterocycles. The van der Waals surface area contributed by atoms with Crippen LogP contribution in [0.3, 0.4) is 0 Å². The number of hydrogen-bond acceptors (Lipinski definition) is 6. The fourth-order valence-corrected chi connectivity index (χ4v) is 6.19. The van der Waals surface area contributed by atoms with E-state index in [4.69, 9.17) is 9.47 Å². The molecule has 3 heterocycles. The molecular weight excluding hydrogens is 512 g/mol. The van der Waals surface area contributed by atoms with E-state index in [9.17, 15) is 4.79 Å². The second-order valence-electron chi connectivity index (χ2n) is 11.3. The smallest absolute Gasteiger partial charge is 0.241 e. The summed E-state index contributed by atoms with van der Waals surface area (Å²) in [6, 6.07) is 15.1. The Morgan fingerprint density at radius 2 is 1.88 bits per heavy atom. The third-order valence-electron chi connectivity index (χ3n) is 8.42. The monoisotopic (exact) mass is 556 g/mol. The van der Waals surface area contributed by atoms with Crippen molar-refractivity contribution in [3.63, 3.8) is 0 Å². The Morgan fingerprint density at radius 3 is 2.66 bits per heavy atom. The molecule has 0 spiro atoms. The summed E-state index contributed by atoms with van der Waals surface area (Å²) in [6.07, 6.45) is 11.3. The largest absolute Gasteiger partial charge is 0.454 e. The fourth-order valence-electron chi connectivity index (χ4n) is 6.19. The van der Waals surface area contributed by atoms with Gasteiger partial charge in [0.1, 0.15) is 5.82 Å². The average Bonchev–Trinajstić information content (AvgIpc) is 3.64. The first-order valence-electron chi connectivity index (χ1n) is 15.4. The number of amides is 1. The highest BCUT2D eigenvalue weighted by Gasteiger charge is 2.36. The second kappa shape index (κ2) is 13.9. The summed E-state index contributed by atoms with van der Waals surface area (Å²) in [4.78, 5) is 27.3. The lowest BCUT2D eigenvalue weighted by atomic mass is 9.92. The minimum absolute atomic E-state index is 0.172. The number of fused-ring (bicyclic) bond motifs is 1. The average molecular weight is 557 g/mol. The third kappa shape index (κ3) is 7.07. The van der Waals surface area contributed by atoms with Crippen LogP contribution in [-0.2, 0) is 24.1 Å². The van der Waals surface area contributed by atoms with Gasteiger partial charge in [-0.2, -0.15) is 0 Å². The summed E-state index contributed by atoms with van der Waals surface area (Å²) in [6.45, 7) is 8.80. The number of rotatable bonds is 13. The van der Waals surface area contributed by atoms with Crippen LogP contribution >= 0.6 is 0 Å². The van der Waals surface area contributed by atoms with Crippen LogP contribution in [0.15, 0.2) is 54.9 Å². The predicted octanol–water partition coefficient (Wildman–Crippen LogP) is 6.34. The highest BCUT2D eigenvalue weighted by molar-refractivity contribution is 5.95. The number of aryl methyl sites for hydroxylation is 3. The summed E-state index contributed by atoms with van der Waals surface area (Å²) in [5.41, 5.74) is 4.77. The SMILES string of the molecule is CCCCN(C(=O)CN1CC(c2cc(CCC)c3c(c2)OCO3)CC1CCc1ncccn1)c1cccc(CC)c1. The fraction of sp³-hybridized carbons (Fsp3) is 0.500. The van der Waals surface area contributed by atoms with E-state index in [1.807, 2.05) is 11.0 Å². The molecule has 2 aliphatic rings. The van der Waals surface area contributed by atoms with Gasteiger partial charge in [0.15, 0.2) is 11.5 Å². The van der Waals surface area contributed by atoms with Crippen LogP contribution in [0.1, 0.15) is 81.3 Å². The van der Waals surface area contributed by atoms with Crippen molar-refractivity contribution in [3.8, 4) is 11.5 Å². The highest BCUT2D eigenvalue weighted by atomic mass is 16.7. The van der Waals surface area contributed by atoms with Crippen molar-refractivity contribution < 1.29 is 14.3 Å². The summed E-state index contributed by atoms with van der Waals surface area (Å²) >= 11 is 0. The van der Waals surface area contributed by atoms with Gasteiger partial charge in [-0.25, -0.2) is 9.97 Å². The predicted molar refractivity (Wildman–Crippen MR) is 163 cm³/mol. The molecule has 0 bridgehead atoms. The van der Waals surface area contributed by atoms with Gasteiger partial charge < -0.3 is 14.4 Å². The first-order chi connectivity index (χ1) is 20.1. The maximum Gasteiger partial charge on any atom is 0.241 e. The third-order valence-corrected chi connectivity index (χ3v) is 8.42. The van der Waals surface area contributed by atoms with Crippen LogP contribution in [0.25, 0.3) is 0 Å². The summed E-state index contributed by atoms with van der Waals surface area (Å²) in [5.74, 6) is 3.11. The van der Waals surface area contributed by atoms with Crippen LogP contribution in [0, 0.1) is 0 Å². The Kier molecular flexibility index (Phi) is 9.88. The summed E-state index contributed by atoms with van der Waals surface area (Å²) in [7, 11) is 0. The molecule has 7 nitrogen and oxygen atoms in total. The molecule has 3 aromatic rings. The summed E-state index contributed by atoms with van der Waals surface area (Å²) < 4.78 is 11.6. The molecule has 1 amide bonds. The van der Waals surface area contributed by atoms with Crippen molar-refractivity contribution in [3.05, 3.63) is 77.4 Å². The van der Waals surface area contributed by atoms with Crippen LogP contribution in [0.4, 0.5) is 5.69 Å². The number of aromatic nitrogens is 2. The van der Waals surface area contributed by atoms with E-state index in [0.29, 0.717) is 12.5 Å². The molecular formula is C34H44N4O3. The van der Waals surface area contributed by atoms with E-state index in [2.05, 4.69) is 72.0 Å². The van der Waals surface area contributed by atoms with Gasteiger partial charge in [-0.05, 0) is 79.0 Å². The van der Waals surface area contributed by atoms with Gasteiger partial charge in [0.25, 0.3) is 0 Å². The molecule has 2 aromatic carbocycles. The van der Waals surface area contributed by atoms with E-state index in [0.717, 1.165) is 87.5 Å². The Bertz CT molecular complexity index is 1300. The Morgan fingerprint density at radius 1 is 1.02 bits per heavy atom. The lowest BCUT2D eigenvalue weighted by Crippen LogP contribution is -2.43. The van der Waals surface area contributed by atoms with Gasteiger partial charge in [-0.15, -0.1) is 0 Å². The van der Waals surface area contributed by atoms with Crippen molar-refractivity contribution in [1.29, 1.82) is 0 Å². The van der Waals surface area contributed by atoms with E-state index in [-0.39, 0.29) is 18.7 Å². The second-order valence-corrected chi connectivity index (χ2v) is 11.3. The maximum absolute atomic E-state index is 14.0. The minimum Gasteiger partial charge on any atom is -0.454 e.